The lowest BCUT2D eigenvalue weighted by atomic mass is 10.1. The first kappa shape index (κ1) is 14.0. The molecule has 3 rings (SSSR count). The zero-order valence-corrected chi connectivity index (χ0v) is 12.0. The summed E-state index contributed by atoms with van der Waals surface area (Å²) in [6.45, 7) is 1.16. The smallest absolute Gasteiger partial charge is 0.272 e. The molecule has 7 heteroatoms. The van der Waals surface area contributed by atoms with Gasteiger partial charge in [0.05, 0.1) is 6.10 Å². The number of nitrogens with zero attached hydrogens (tertiary/aromatic N) is 3. The maximum atomic E-state index is 12.0. The molecule has 6 nitrogen and oxygen atoms in total. The molecule has 1 saturated heterocycles. The topological polar surface area (TPSA) is 82.1 Å². The summed E-state index contributed by atoms with van der Waals surface area (Å²) in [7, 11) is 0. The van der Waals surface area contributed by atoms with Crippen molar-refractivity contribution < 1.29 is 5.11 Å². The summed E-state index contributed by atoms with van der Waals surface area (Å²) < 4.78 is 0. The highest BCUT2D eigenvalue weighted by Gasteiger charge is 2.23. The molecule has 0 amide bonds. The summed E-state index contributed by atoms with van der Waals surface area (Å²) in [6, 6.07) is 3.53. The van der Waals surface area contributed by atoms with Crippen LogP contribution in [0, 0.1) is 0 Å². The first-order valence-corrected chi connectivity index (χ1v) is 7.16. The number of rotatable bonds is 2. The van der Waals surface area contributed by atoms with Gasteiger partial charge in [-0.05, 0) is 25.0 Å². The van der Waals surface area contributed by atoms with Gasteiger partial charge in [-0.3, -0.25) is 9.78 Å². The zero-order valence-electron chi connectivity index (χ0n) is 11.3. The van der Waals surface area contributed by atoms with Crippen molar-refractivity contribution in [3.8, 4) is 11.4 Å². The van der Waals surface area contributed by atoms with Gasteiger partial charge in [-0.2, -0.15) is 0 Å². The fraction of sp³-hybridized carbons (Fsp3) is 0.357. The molecule has 1 aliphatic rings. The van der Waals surface area contributed by atoms with Gasteiger partial charge in [0.25, 0.3) is 5.56 Å². The first-order valence-electron chi connectivity index (χ1n) is 6.78. The number of aromatic amines is 1. The van der Waals surface area contributed by atoms with Crippen LogP contribution in [-0.4, -0.2) is 39.3 Å². The number of aliphatic hydroxyl groups excluding tert-OH is 1. The van der Waals surface area contributed by atoms with Crippen LogP contribution in [0.2, 0.25) is 5.02 Å². The van der Waals surface area contributed by atoms with Gasteiger partial charge in [0.2, 0.25) is 0 Å². The minimum atomic E-state index is -0.416. The van der Waals surface area contributed by atoms with E-state index in [0.717, 1.165) is 24.9 Å². The molecule has 0 radical (unpaired) electrons. The van der Waals surface area contributed by atoms with Gasteiger partial charge in [0.15, 0.2) is 5.82 Å². The summed E-state index contributed by atoms with van der Waals surface area (Å²) in [5.74, 6) is 0.868. The summed E-state index contributed by atoms with van der Waals surface area (Å²) in [4.78, 5) is 25.0. The molecule has 0 saturated carbocycles. The van der Waals surface area contributed by atoms with Crippen LogP contribution in [0.25, 0.3) is 11.4 Å². The van der Waals surface area contributed by atoms with E-state index in [9.17, 15) is 9.90 Å². The minimum absolute atomic E-state index is 0.0573. The molecule has 110 valence electrons. The minimum Gasteiger partial charge on any atom is -0.391 e. The first-order chi connectivity index (χ1) is 10.1. The van der Waals surface area contributed by atoms with Crippen molar-refractivity contribution >= 4 is 17.4 Å². The van der Waals surface area contributed by atoms with Gasteiger partial charge in [-0.25, -0.2) is 4.98 Å². The Morgan fingerprint density at radius 3 is 2.86 bits per heavy atom. The Kier molecular flexibility index (Phi) is 3.90. The molecule has 1 unspecified atom stereocenters. The molecule has 0 spiro atoms. The predicted octanol–water partition coefficient (Wildman–Crippen LogP) is 1.45. The average molecular weight is 307 g/mol. The third-order valence-corrected chi connectivity index (χ3v) is 3.84. The Bertz CT molecular complexity index is 689. The van der Waals surface area contributed by atoms with Crippen molar-refractivity contribution in [3.63, 3.8) is 0 Å². The van der Waals surface area contributed by atoms with Crippen LogP contribution in [0.1, 0.15) is 12.8 Å². The molecule has 1 aliphatic heterocycles. The Morgan fingerprint density at radius 1 is 1.38 bits per heavy atom. The van der Waals surface area contributed by atoms with Crippen LogP contribution in [0.15, 0.2) is 29.3 Å². The van der Waals surface area contributed by atoms with E-state index in [1.165, 1.54) is 0 Å². The van der Waals surface area contributed by atoms with Crippen molar-refractivity contribution in [3.05, 3.63) is 39.9 Å². The fourth-order valence-corrected chi connectivity index (χ4v) is 2.66. The number of nitrogens with one attached hydrogen (secondary N) is 1. The third kappa shape index (κ3) is 2.91. The highest BCUT2D eigenvalue weighted by atomic mass is 35.5. The maximum Gasteiger partial charge on any atom is 0.272 e. The van der Waals surface area contributed by atoms with Crippen LogP contribution in [-0.2, 0) is 0 Å². The van der Waals surface area contributed by atoms with Gasteiger partial charge < -0.3 is 15.0 Å². The van der Waals surface area contributed by atoms with Gasteiger partial charge >= 0.3 is 0 Å². The largest absolute Gasteiger partial charge is 0.391 e. The molecule has 2 aromatic rings. The lowest BCUT2D eigenvalue weighted by Gasteiger charge is -2.31. The molecule has 3 heterocycles. The number of hydrogen-bond donors (Lipinski definition) is 2. The van der Waals surface area contributed by atoms with Crippen LogP contribution in [0.5, 0.6) is 0 Å². The molecule has 1 fully saturated rings. The van der Waals surface area contributed by atoms with Crippen LogP contribution < -0.4 is 10.5 Å². The van der Waals surface area contributed by atoms with E-state index in [0.29, 0.717) is 18.2 Å². The van der Waals surface area contributed by atoms with E-state index >= 15 is 0 Å². The number of piperidine rings is 1. The van der Waals surface area contributed by atoms with E-state index in [-0.39, 0.29) is 10.6 Å². The highest BCUT2D eigenvalue weighted by Crippen LogP contribution is 2.25. The molecule has 0 aliphatic carbocycles. The second kappa shape index (κ2) is 5.83. The molecule has 2 N–H and O–H groups in total. The molecule has 0 aromatic carbocycles. The normalized spacial score (nSPS) is 18.8. The lowest BCUT2D eigenvalue weighted by molar-refractivity contribution is 0.154. The molecule has 0 bridgehead atoms. The number of pyridine rings is 1. The number of hydrogen-bond acceptors (Lipinski definition) is 5. The van der Waals surface area contributed by atoms with E-state index in [1.807, 2.05) is 4.90 Å². The maximum absolute atomic E-state index is 12.0. The van der Waals surface area contributed by atoms with Crippen LogP contribution in [0.4, 0.5) is 5.82 Å². The summed E-state index contributed by atoms with van der Waals surface area (Å²) in [6.07, 6.45) is 4.45. The van der Waals surface area contributed by atoms with E-state index < -0.39 is 6.10 Å². The molecular formula is C14H15ClN4O2. The van der Waals surface area contributed by atoms with Crippen molar-refractivity contribution in [2.45, 2.75) is 18.9 Å². The quantitative estimate of drug-likeness (QED) is 0.877. The summed E-state index contributed by atoms with van der Waals surface area (Å²) in [5, 5.41) is 9.84. The van der Waals surface area contributed by atoms with E-state index in [1.54, 1.807) is 24.5 Å². The number of anilines is 1. The van der Waals surface area contributed by atoms with Gasteiger partial charge in [0, 0.05) is 31.0 Å². The zero-order chi connectivity index (χ0) is 14.8. The number of halogens is 1. The monoisotopic (exact) mass is 306 g/mol. The molecule has 21 heavy (non-hydrogen) atoms. The number of β-amino-alcohol motifs (C(OH)–C–C–N with tert-alkyl or cyclic N) is 1. The Balaban J connectivity index is 2.04. The Morgan fingerprint density at radius 2 is 2.14 bits per heavy atom. The van der Waals surface area contributed by atoms with Crippen LogP contribution in [0.3, 0.4) is 0 Å². The standard InChI is InChI=1S/C14H15ClN4O2/c15-11-13(19-7-1-2-10(20)8-19)17-12(18-14(11)21)9-3-5-16-6-4-9/h3-6,10,20H,1-2,7-8H2,(H,17,18,21). The molecule has 1 atom stereocenters. The molecule has 2 aromatic heterocycles. The third-order valence-electron chi connectivity index (χ3n) is 3.50. The van der Waals surface area contributed by atoms with Crippen molar-refractivity contribution in [1.82, 2.24) is 15.0 Å². The highest BCUT2D eigenvalue weighted by molar-refractivity contribution is 6.32. The number of aliphatic hydroxyl groups is 1. The Hall–Kier alpha value is -1.92. The van der Waals surface area contributed by atoms with Gasteiger partial charge in [-0.1, -0.05) is 11.6 Å². The van der Waals surface area contributed by atoms with Gasteiger partial charge in [0.1, 0.15) is 10.8 Å². The van der Waals surface area contributed by atoms with Crippen molar-refractivity contribution in [2.24, 2.45) is 0 Å². The van der Waals surface area contributed by atoms with E-state index in [4.69, 9.17) is 11.6 Å². The Labute approximate surface area is 126 Å². The second-order valence-corrected chi connectivity index (χ2v) is 5.41. The van der Waals surface area contributed by atoms with Crippen molar-refractivity contribution in [2.75, 3.05) is 18.0 Å². The average Bonchev–Trinajstić information content (AvgIpc) is 2.51. The SMILES string of the molecule is O=c1[nH]c(-c2ccncc2)nc(N2CCCC(O)C2)c1Cl. The van der Waals surface area contributed by atoms with Crippen LogP contribution >= 0.6 is 11.6 Å². The summed E-state index contributed by atoms with van der Waals surface area (Å²) in [5.41, 5.74) is 0.381. The summed E-state index contributed by atoms with van der Waals surface area (Å²) >= 11 is 6.09. The van der Waals surface area contributed by atoms with Crippen molar-refractivity contribution in [1.29, 1.82) is 0 Å². The number of H-pyrrole nitrogens is 1. The van der Waals surface area contributed by atoms with Gasteiger partial charge in [-0.15, -0.1) is 0 Å². The predicted molar refractivity (Wildman–Crippen MR) is 80.6 cm³/mol. The lowest BCUT2D eigenvalue weighted by Crippen LogP contribution is -2.39. The second-order valence-electron chi connectivity index (χ2n) is 5.03. The number of aromatic nitrogens is 3. The fourth-order valence-electron chi connectivity index (χ4n) is 2.45. The molecular weight excluding hydrogens is 292 g/mol. The van der Waals surface area contributed by atoms with E-state index in [2.05, 4.69) is 15.0 Å².